The molecule has 1 aromatic rings. The van der Waals surface area contributed by atoms with Gasteiger partial charge in [-0.15, -0.1) is 0 Å². The lowest BCUT2D eigenvalue weighted by Crippen LogP contribution is -2.06. The monoisotopic (exact) mass is 181 g/mol. The van der Waals surface area contributed by atoms with Gasteiger partial charge < -0.3 is 5.73 Å². The van der Waals surface area contributed by atoms with Crippen LogP contribution in [0.3, 0.4) is 0 Å². The zero-order valence-electron chi connectivity index (χ0n) is 8.91. The minimum absolute atomic E-state index is 0.0344. The third-order valence-corrected chi connectivity index (χ3v) is 2.08. The van der Waals surface area contributed by atoms with Crippen LogP contribution in [0.4, 0.5) is 0 Å². The molecule has 1 aromatic heterocycles. The van der Waals surface area contributed by atoms with Gasteiger partial charge in [-0.25, -0.2) is 0 Å². The Bertz CT molecular complexity index is 274. The molecule has 0 spiro atoms. The van der Waals surface area contributed by atoms with Crippen LogP contribution in [0.15, 0.2) is 6.07 Å². The molecule has 0 saturated carbocycles. The summed E-state index contributed by atoms with van der Waals surface area (Å²) < 4.78 is 1.93. The van der Waals surface area contributed by atoms with Crippen LogP contribution in [0, 0.1) is 5.92 Å². The molecular weight excluding hydrogens is 162 g/mol. The molecule has 1 rings (SSSR count). The van der Waals surface area contributed by atoms with Gasteiger partial charge in [0.25, 0.3) is 0 Å². The Labute approximate surface area is 79.9 Å². The highest BCUT2D eigenvalue weighted by Gasteiger charge is 2.09. The largest absolute Gasteiger partial charge is 0.323 e. The molecule has 0 fully saturated rings. The predicted molar refractivity (Wildman–Crippen MR) is 54.4 cm³/mol. The maximum Gasteiger partial charge on any atom is 0.0791 e. The summed E-state index contributed by atoms with van der Waals surface area (Å²) in [5, 5.41) is 4.35. The maximum atomic E-state index is 5.75. The normalized spacial score (nSPS) is 13.7. The van der Waals surface area contributed by atoms with Crippen LogP contribution in [0.5, 0.6) is 0 Å². The predicted octanol–water partition coefficient (Wildman–Crippen LogP) is 1.64. The van der Waals surface area contributed by atoms with Crippen LogP contribution in [0.25, 0.3) is 0 Å². The van der Waals surface area contributed by atoms with E-state index in [2.05, 4.69) is 25.0 Å². The Morgan fingerprint density at radius 2 is 2.08 bits per heavy atom. The second-order valence-electron chi connectivity index (χ2n) is 4.07. The van der Waals surface area contributed by atoms with E-state index in [0.717, 1.165) is 12.1 Å². The zero-order valence-corrected chi connectivity index (χ0v) is 8.91. The molecule has 0 amide bonds. The molecule has 0 aliphatic carbocycles. The van der Waals surface area contributed by atoms with E-state index >= 15 is 0 Å². The van der Waals surface area contributed by atoms with Crippen molar-refractivity contribution in [3.05, 3.63) is 17.5 Å². The van der Waals surface area contributed by atoms with Crippen molar-refractivity contribution in [2.75, 3.05) is 0 Å². The van der Waals surface area contributed by atoms with Gasteiger partial charge in [0.1, 0.15) is 0 Å². The molecule has 0 saturated heterocycles. The Morgan fingerprint density at radius 1 is 1.46 bits per heavy atom. The number of hydrogen-bond donors (Lipinski definition) is 1. The summed E-state index contributed by atoms with van der Waals surface area (Å²) in [6, 6.07) is 2.14. The fourth-order valence-corrected chi connectivity index (χ4v) is 1.36. The Balaban J connectivity index is 2.83. The van der Waals surface area contributed by atoms with Crippen molar-refractivity contribution in [2.45, 2.75) is 33.2 Å². The lowest BCUT2D eigenvalue weighted by molar-refractivity contribution is 0.592. The lowest BCUT2D eigenvalue weighted by Gasteiger charge is -2.03. The first-order valence-corrected chi connectivity index (χ1v) is 4.79. The van der Waals surface area contributed by atoms with Gasteiger partial charge in [-0.3, -0.25) is 4.68 Å². The Kier molecular flexibility index (Phi) is 3.09. The summed E-state index contributed by atoms with van der Waals surface area (Å²) in [7, 11) is 1.98. The van der Waals surface area contributed by atoms with Gasteiger partial charge in [0.2, 0.25) is 0 Å². The zero-order chi connectivity index (χ0) is 10.0. The minimum atomic E-state index is 0.0344. The molecule has 3 nitrogen and oxygen atoms in total. The van der Waals surface area contributed by atoms with Gasteiger partial charge in [0, 0.05) is 18.8 Å². The second kappa shape index (κ2) is 3.92. The molecule has 1 heterocycles. The van der Waals surface area contributed by atoms with Crippen molar-refractivity contribution in [1.82, 2.24) is 9.78 Å². The van der Waals surface area contributed by atoms with Gasteiger partial charge >= 0.3 is 0 Å². The second-order valence-corrected chi connectivity index (χ2v) is 4.07. The van der Waals surface area contributed by atoms with E-state index in [0.29, 0.717) is 5.92 Å². The fraction of sp³-hybridized carbons (Fsp3) is 0.700. The molecule has 74 valence electrons. The van der Waals surface area contributed by atoms with E-state index in [9.17, 15) is 0 Å². The SMILES string of the molecule is CC(C)Cc1cc(C(C)N)nn1C. The highest BCUT2D eigenvalue weighted by molar-refractivity contribution is 5.13. The standard InChI is InChI=1S/C10H19N3/c1-7(2)5-9-6-10(8(3)11)12-13(9)4/h6-8H,5,11H2,1-4H3. The van der Waals surface area contributed by atoms with Crippen molar-refractivity contribution in [3.63, 3.8) is 0 Å². The van der Waals surface area contributed by atoms with Crippen LogP contribution in [-0.2, 0) is 13.5 Å². The summed E-state index contributed by atoms with van der Waals surface area (Å²) >= 11 is 0. The minimum Gasteiger partial charge on any atom is -0.323 e. The fourth-order valence-electron chi connectivity index (χ4n) is 1.36. The molecule has 13 heavy (non-hydrogen) atoms. The van der Waals surface area contributed by atoms with E-state index in [-0.39, 0.29) is 6.04 Å². The number of hydrogen-bond acceptors (Lipinski definition) is 2. The van der Waals surface area contributed by atoms with Gasteiger partial charge in [-0.1, -0.05) is 13.8 Å². The average Bonchev–Trinajstić information content (AvgIpc) is 2.31. The lowest BCUT2D eigenvalue weighted by atomic mass is 10.1. The molecule has 2 N–H and O–H groups in total. The highest BCUT2D eigenvalue weighted by Crippen LogP contribution is 2.13. The summed E-state index contributed by atoms with van der Waals surface area (Å²) in [4.78, 5) is 0. The van der Waals surface area contributed by atoms with Gasteiger partial charge in [-0.05, 0) is 25.3 Å². The van der Waals surface area contributed by atoms with Gasteiger partial charge in [-0.2, -0.15) is 5.10 Å². The van der Waals surface area contributed by atoms with Crippen molar-refractivity contribution in [3.8, 4) is 0 Å². The number of aromatic nitrogens is 2. The first-order chi connectivity index (χ1) is 6.00. The highest BCUT2D eigenvalue weighted by atomic mass is 15.3. The number of nitrogens with zero attached hydrogens (tertiary/aromatic N) is 2. The molecule has 0 aromatic carbocycles. The molecule has 0 aliphatic rings. The van der Waals surface area contributed by atoms with E-state index in [4.69, 9.17) is 5.73 Å². The molecule has 1 unspecified atom stereocenters. The molecular formula is C10H19N3. The van der Waals surface area contributed by atoms with Crippen LogP contribution < -0.4 is 5.73 Å². The van der Waals surface area contributed by atoms with Crippen molar-refractivity contribution in [2.24, 2.45) is 18.7 Å². The van der Waals surface area contributed by atoms with Crippen molar-refractivity contribution < 1.29 is 0 Å². The van der Waals surface area contributed by atoms with Crippen LogP contribution in [0.2, 0.25) is 0 Å². The summed E-state index contributed by atoms with van der Waals surface area (Å²) in [6.07, 6.45) is 1.07. The smallest absolute Gasteiger partial charge is 0.0791 e. The molecule has 0 aliphatic heterocycles. The van der Waals surface area contributed by atoms with Crippen LogP contribution in [-0.4, -0.2) is 9.78 Å². The quantitative estimate of drug-likeness (QED) is 0.770. The van der Waals surface area contributed by atoms with Crippen LogP contribution >= 0.6 is 0 Å². The van der Waals surface area contributed by atoms with E-state index in [1.165, 1.54) is 5.69 Å². The summed E-state index contributed by atoms with van der Waals surface area (Å²) in [5.41, 5.74) is 8.00. The summed E-state index contributed by atoms with van der Waals surface area (Å²) in [6.45, 7) is 6.37. The first-order valence-electron chi connectivity index (χ1n) is 4.79. The molecule has 1 atom stereocenters. The Morgan fingerprint density at radius 3 is 2.46 bits per heavy atom. The molecule has 3 heteroatoms. The third-order valence-electron chi connectivity index (χ3n) is 2.08. The van der Waals surface area contributed by atoms with Gasteiger partial charge in [0.05, 0.1) is 5.69 Å². The van der Waals surface area contributed by atoms with E-state index in [1.54, 1.807) is 0 Å². The van der Waals surface area contributed by atoms with Crippen LogP contribution in [0.1, 0.15) is 38.2 Å². The average molecular weight is 181 g/mol. The topological polar surface area (TPSA) is 43.8 Å². The number of rotatable bonds is 3. The van der Waals surface area contributed by atoms with Gasteiger partial charge in [0.15, 0.2) is 0 Å². The van der Waals surface area contributed by atoms with E-state index in [1.807, 2.05) is 18.7 Å². The first kappa shape index (κ1) is 10.3. The van der Waals surface area contributed by atoms with E-state index < -0.39 is 0 Å². The molecule has 0 bridgehead atoms. The Hall–Kier alpha value is -0.830. The maximum absolute atomic E-state index is 5.75. The number of aryl methyl sites for hydroxylation is 1. The number of nitrogens with two attached hydrogens (primary N) is 1. The third kappa shape index (κ3) is 2.56. The van der Waals surface area contributed by atoms with Crippen molar-refractivity contribution >= 4 is 0 Å². The van der Waals surface area contributed by atoms with Crippen molar-refractivity contribution in [1.29, 1.82) is 0 Å². The molecule has 0 radical (unpaired) electrons. The summed E-state index contributed by atoms with van der Waals surface area (Å²) in [5.74, 6) is 0.663.